The van der Waals surface area contributed by atoms with Crippen LogP contribution in [0.5, 0.6) is 0 Å². The normalized spacial score (nSPS) is 16.4. The molecule has 0 bridgehead atoms. The van der Waals surface area contributed by atoms with E-state index in [0.29, 0.717) is 25.2 Å². The van der Waals surface area contributed by atoms with Crippen LogP contribution in [0.4, 0.5) is 0 Å². The third kappa shape index (κ3) is 6.05. The van der Waals surface area contributed by atoms with Gasteiger partial charge in [-0.1, -0.05) is 12.8 Å². The largest absolute Gasteiger partial charge is 0.467 e. The van der Waals surface area contributed by atoms with Gasteiger partial charge in [-0.05, 0) is 38.0 Å². The van der Waals surface area contributed by atoms with Crippen LogP contribution in [-0.2, 0) is 14.3 Å². The number of nitrogens with one attached hydrogen (secondary N) is 1. The highest BCUT2D eigenvalue weighted by Gasteiger charge is 2.24. The minimum Gasteiger partial charge on any atom is -0.467 e. The first-order chi connectivity index (χ1) is 9.67. The molecular weight excluding hydrogens is 256 g/mol. The summed E-state index contributed by atoms with van der Waals surface area (Å²) in [5, 5.41) is 11.3. The van der Waals surface area contributed by atoms with E-state index < -0.39 is 12.0 Å². The van der Waals surface area contributed by atoms with E-state index in [1.165, 1.54) is 20.0 Å². The van der Waals surface area contributed by atoms with Crippen molar-refractivity contribution in [3.05, 3.63) is 0 Å². The van der Waals surface area contributed by atoms with Crippen molar-refractivity contribution in [1.82, 2.24) is 5.32 Å². The molecule has 0 aromatic carbocycles. The summed E-state index contributed by atoms with van der Waals surface area (Å²) in [6, 6.07) is 1.49. The first-order valence-electron chi connectivity index (χ1n) is 7.41. The number of rotatable bonds is 8. The van der Waals surface area contributed by atoms with Crippen LogP contribution in [0.2, 0.25) is 0 Å². The first kappa shape index (κ1) is 16.5. The molecule has 0 aliphatic heterocycles. The van der Waals surface area contributed by atoms with E-state index in [0.717, 1.165) is 25.7 Å². The van der Waals surface area contributed by atoms with E-state index in [-0.39, 0.29) is 5.91 Å². The number of unbranched alkanes of at least 4 members (excludes halogenated alkanes) is 2. The molecule has 0 spiro atoms. The van der Waals surface area contributed by atoms with Crippen LogP contribution in [0.25, 0.3) is 0 Å². The standard InChI is InChI=1S/C15H24N2O3/c1-20-15(19)13(9-3-2-6-10-16)17-14(18)11-12-7-4-5-8-12/h12-13H,2-9,11H2,1H3,(H,17,18)/t13-/m1/s1. The third-order valence-corrected chi connectivity index (χ3v) is 3.80. The molecule has 112 valence electrons. The first-order valence-corrected chi connectivity index (χ1v) is 7.41. The van der Waals surface area contributed by atoms with Gasteiger partial charge in [0.15, 0.2) is 0 Å². The average Bonchev–Trinajstić information content (AvgIpc) is 2.94. The monoisotopic (exact) mass is 280 g/mol. The van der Waals surface area contributed by atoms with E-state index in [2.05, 4.69) is 11.4 Å². The number of nitrogens with zero attached hydrogens (tertiary/aromatic N) is 1. The molecule has 1 rings (SSSR count). The number of ether oxygens (including phenoxy) is 1. The lowest BCUT2D eigenvalue weighted by Gasteiger charge is -2.17. The Bertz CT molecular complexity index is 357. The summed E-state index contributed by atoms with van der Waals surface area (Å²) in [5.41, 5.74) is 0. The van der Waals surface area contributed by atoms with Crippen molar-refractivity contribution in [3.63, 3.8) is 0 Å². The second kappa shape index (κ2) is 9.35. The van der Waals surface area contributed by atoms with Gasteiger partial charge in [0, 0.05) is 12.8 Å². The second-order valence-corrected chi connectivity index (χ2v) is 5.40. The van der Waals surface area contributed by atoms with Crippen molar-refractivity contribution < 1.29 is 14.3 Å². The molecule has 1 N–H and O–H groups in total. The van der Waals surface area contributed by atoms with Gasteiger partial charge in [-0.2, -0.15) is 5.26 Å². The van der Waals surface area contributed by atoms with Crippen molar-refractivity contribution >= 4 is 11.9 Å². The molecule has 0 aromatic rings. The van der Waals surface area contributed by atoms with Crippen molar-refractivity contribution in [2.45, 2.75) is 63.8 Å². The molecular formula is C15H24N2O3. The molecule has 5 heteroatoms. The molecule has 0 aromatic heterocycles. The summed E-state index contributed by atoms with van der Waals surface area (Å²) in [6.45, 7) is 0. The minimum absolute atomic E-state index is 0.0624. The lowest BCUT2D eigenvalue weighted by atomic mass is 10.0. The summed E-state index contributed by atoms with van der Waals surface area (Å²) in [6.07, 6.45) is 7.61. The Labute approximate surface area is 120 Å². The summed E-state index contributed by atoms with van der Waals surface area (Å²) < 4.78 is 4.72. The van der Waals surface area contributed by atoms with Crippen molar-refractivity contribution in [1.29, 1.82) is 5.26 Å². The van der Waals surface area contributed by atoms with Gasteiger partial charge < -0.3 is 10.1 Å². The van der Waals surface area contributed by atoms with Gasteiger partial charge in [0.05, 0.1) is 13.2 Å². The SMILES string of the molecule is COC(=O)[C@@H](CCCCC#N)NC(=O)CC1CCCC1. The Morgan fingerprint density at radius 2 is 2.05 bits per heavy atom. The van der Waals surface area contributed by atoms with Gasteiger partial charge in [-0.15, -0.1) is 0 Å². The van der Waals surface area contributed by atoms with Crippen molar-refractivity contribution in [3.8, 4) is 6.07 Å². The van der Waals surface area contributed by atoms with Crippen LogP contribution in [0.1, 0.15) is 57.8 Å². The minimum atomic E-state index is -0.576. The molecule has 1 fully saturated rings. The van der Waals surface area contributed by atoms with E-state index in [9.17, 15) is 9.59 Å². The zero-order valence-electron chi connectivity index (χ0n) is 12.2. The fourth-order valence-electron chi connectivity index (χ4n) is 2.67. The highest BCUT2D eigenvalue weighted by atomic mass is 16.5. The summed E-state index contributed by atoms with van der Waals surface area (Å²) >= 11 is 0. The Hall–Kier alpha value is -1.57. The van der Waals surface area contributed by atoms with E-state index in [1.54, 1.807) is 0 Å². The summed E-state index contributed by atoms with van der Waals surface area (Å²) in [4.78, 5) is 23.6. The van der Waals surface area contributed by atoms with Crippen LogP contribution in [0, 0.1) is 17.2 Å². The maximum atomic E-state index is 11.9. The van der Waals surface area contributed by atoms with Gasteiger partial charge in [0.25, 0.3) is 0 Å². The molecule has 0 unspecified atom stereocenters. The highest BCUT2D eigenvalue weighted by molar-refractivity contribution is 5.84. The molecule has 0 heterocycles. The lowest BCUT2D eigenvalue weighted by molar-refractivity contribution is -0.145. The van der Waals surface area contributed by atoms with Crippen LogP contribution >= 0.6 is 0 Å². The maximum absolute atomic E-state index is 11.9. The smallest absolute Gasteiger partial charge is 0.328 e. The molecule has 0 radical (unpaired) electrons. The van der Waals surface area contributed by atoms with E-state index in [4.69, 9.17) is 10.00 Å². The highest BCUT2D eigenvalue weighted by Crippen LogP contribution is 2.27. The average molecular weight is 280 g/mol. The number of hydrogen-bond donors (Lipinski definition) is 1. The van der Waals surface area contributed by atoms with Crippen LogP contribution < -0.4 is 5.32 Å². The van der Waals surface area contributed by atoms with Gasteiger partial charge in [-0.3, -0.25) is 4.79 Å². The Balaban J connectivity index is 2.36. The third-order valence-electron chi connectivity index (χ3n) is 3.80. The quantitative estimate of drug-likeness (QED) is 0.546. The molecule has 0 saturated heterocycles. The van der Waals surface area contributed by atoms with Crippen molar-refractivity contribution in [2.24, 2.45) is 5.92 Å². The number of carbonyl (C=O) groups excluding carboxylic acids is 2. The Morgan fingerprint density at radius 1 is 1.35 bits per heavy atom. The van der Waals surface area contributed by atoms with E-state index >= 15 is 0 Å². The zero-order chi connectivity index (χ0) is 14.8. The number of esters is 1. The topological polar surface area (TPSA) is 79.2 Å². The molecule has 1 atom stereocenters. The molecule has 5 nitrogen and oxygen atoms in total. The molecule has 1 aliphatic rings. The molecule has 1 amide bonds. The molecule has 20 heavy (non-hydrogen) atoms. The Kier molecular flexibility index (Phi) is 7.71. The predicted octanol–water partition coefficient (Wildman–Crippen LogP) is 2.31. The van der Waals surface area contributed by atoms with Crippen LogP contribution in [0.15, 0.2) is 0 Å². The summed E-state index contributed by atoms with van der Waals surface area (Å²) in [5.74, 6) is 0.00111. The maximum Gasteiger partial charge on any atom is 0.328 e. The fourth-order valence-corrected chi connectivity index (χ4v) is 2.67. The summed E-state index contributed by atoms with van der Waals surface area (Å²) in [7, 11) is 1.33. The lowest BCUT2D eigenvalue weighted by Crippen LogP contribution is -2.42. The predicted molar refractivity (Wildman–Crippen MR) is 74.6 cm³/mol. The second-order valence-electron chi connectivity index (χ2n) is 5.40. The van der Waals surface area contributed by atoms with Gasteiger partial charge >= 0.3 is 5.97 Å². The number of nitriles is 1. The fraction of sp³-hybridized carbons (Fsp3) is 0.800. The van der Waals surface area contributed by atoms with Crippen LogP contribution in [-0.4, -0.2) is 25.0 Å². The zero-order valence-corrected chi connectivity index (χ0v) is 12.2. The molecule has 1 aliphatic carbocycles. The van der Waals surface area contributed by atoms with Gasteiger partial charge in [0.1, 0.15) is 6.04 Å². The number of carbonyl (C=O) groups is 2. The van der Waals surface area contributed by atoms with Crippen LogP contribution in [0.3, 0.4) is 0 Å². The van der Waals surface area contributed by atoms with Gasteiger partial charge in [-0.25, -0.2) is 4.79 Å². The number of methoxy groups -OCH3 is 1. The van der Waals surface area contributed by atoms with Gasteiger partial charge in [0.2, 0.25) is 5.91 Å². The number of hydrogen-bond acceptors (Lipinski definition) is 4. The Morgan fingerprint density at radius 3 is 2.65 bits per heavy atom. The molecule has 1 saturated carbocycles. The number of amides is 1. The van der Waals surface area contributed by atoms with Crippen molar-refractivity contribution in [2.75, 3.05) is 7.11 Å². The van der Waals surface area contributed by atoms with E-state index in [1.807, 2.05) is 0 Å².